The van der Waals surface area contributed by atoms with Crippen LogP contribution in [0.2, 0.25) is 0 Å². The molecule has 2 fully saturated rings. The van der Waals surface area contributed by atoms with Gasteiger partial charge in [-0.1, -0.05) is 13.8 Å². The van der Waals surface area contributed by atoms with Gasteiger partial charge in [-0.25, -0.2) is 0 Å². The molecule has 2 aliphatic rings. The van der Waals surface area contributed by atoms with Crippen LogP contribution in [0.3, 0.4) is 0 Å². The van der Waals surface area contributed by atoms with E-state index in [1.54, 1.807) is 0 Å². The first-order chi connectivity index (χ1) is 8.16. The van der Waals surface area contributed by atoms with Crippen LogP contribution < -0.4 is 10.6 Å². The zero-order chi connectivity index (χ0) is 12.3. The van der Waals surface area contributed by atoms with Crippen LogP contribution in [0, 0.1) is 11.8 Å². The summed E-state index contributed by atoms with van der Waals surface area (Å²) in [7, 11) is 0. The minimum Gasteiger partial charge on any atom is -0.379 e. The molecule has 0 saturated carbocycles. The number of fused-ring (bicyclic) bond motifs is 2. The molecule has 0 aromatic rings. The van der Waals surface area contributed by atoms with Crippen molar-refractivity contribution in [2.45, 2.75) is 45.2 Å². The van der Waals surface area contributed by atoms with Crippen molar-refractivity contribution in [2.75, 3.05) is 19.8 Å². The number of hydrogen-bond acceptors (Lipinski definition) is 3. The maximum absolute atomic E-state index is 11.9. The van der Waals surface area contributed by atoms with Crippen LogP contribution in [0.15, 0.2) is 0 Å². The smallest absolute Gasteiger partial charge is 0.224 e. The SMILES string of the molecule is CC(C)COCCNC(=O)C1CC2CCC1N2. The Bertz CT molecular complexity index is 268. The van der Waals surface area contributed by atoms with Gasteiger partial charge in [-0.2, -0.15) is 0 Å². The van der Waals surface area contributed by atoms with E-state index in [2.05, 4.69) is 24.5 Å². The molecular formula is C13H24N2O2. The van der Waals surface area contributed by atoms with E-state index in [1.165, 1.54) is 6.42 Å². The second-order valence-electron chi connectivity index (χ2n) is 5.65. The number of rotatable bonds is 6. The van der Waals surface area contributed by atoms with Crippen LogP contribution in [0.4, 0.5) is 0 Å². The fourth-order valence-corrected chi connectivity index (χ4v) is 2.81. The number of carbonyl (C=O) groups excluding carboxylic acids is 1. The molecule has 3 atom stereocenters. The Morgan fingerprint density at radius 2 is 2.29 bits per heavy atom. The van der Waals surface area contributed by atoms with Gasteiger partial charge in [0.15, 0.2) is 0 Å². The van der Waals surface area contributed by atoms with Crippen LogP contribution in [-0.4, -0.2) is 37.7 Å². The second kappa shape index (κ2) is 5.83. The number of nitrogens with one attached hydrogen (secondary N) is 2. The summed E-state index contributed by atoms with van der Waals surface area (Å²) in [6, 6.07) is 1.02. The Kier molecular flexibility index (Phi) is 4.40. The fourth-order valence-electron chi connectivity index (χ4n) is 2.81. The molecular weight excluding hydrogens is 216 g/mol. The Hall–Kier alpha value is -0.610. The van der Waals surface area contributed by atoms with E-state index >= 15 is 0 Å². The number of ether oxygens (including phenoxy) is 1. The summed E-state index contributed by atoms with van der Waals surface area (Å²) in [4.78, 5) is 11.9. The summed E-state index contributed by atoms with van der Waals surface area (Å²) in [5.74, 6) is 0.956. The van der Waals surface area contributed by atoms with Gasteiger partial charge in [0.05, 0.1) is 12.5 Å². The van der Waals surface area contributed by atoms with Crippen LogP contribution in [0.25, 0.3) is 0 Å². The van der Waals surface area contributed by atoms with E-state index in [1.807, 2.05) is 0 Å². The first kappa shape index (κ1) is 12.8. The highest BCUT2D eigenvalue weighted by Crippen LogP contribution is 2.33. The van der Waals surface area contributed by atoms with Gasteiger partial charge in [0.2, 0.25) is 5.91 Å². The number of carbonyl (C=O) groups is 1. The van der Waals surface area contributed by atoms with Crippen LogP contribution in [0.1, 0.15) is 33.1 Å². The molecule has 4 heteroatoms. The lowest BCUT2D eigenvalue weighted by atomic mass is 9.88. The van der Waals surface area contributed by atoms with Gasteiger partial charge in [-0.3, -0.25) is 4.79 Å². The lowest BCUT2D eigenvalue weighted by Gasteiger charge is -2.19. The maximum Gasteiger partial charge on any atom is 0.224 e. The fraction of sp³-hybridized carbons (Fsp3) is 0.923. The van der Waals surface area contributed by atoms with Gasteiger partial charge in [-0.05, 0) is 25.2 Å². The molecule has 2 rings (SSSR count). The highest BCUT2D eigenvalue weighted by Gasteiger charge is 2.42. The molecule has 2 saturated heterocycles. The second-order valence-corrected chi connectivity index (χ2v) is 5.65. The zero-order valence-corrected chi connectivity index (χ0v) is 10.9. The van der Waals surface area contributed by atoms with Gasteiger partial charge >= 0.3 is 0 Å². The highest BCUT2D eigenvalue weighted by atomic mass is 16.5. The minimum atomic E-state index is 0.193. The van der Waals surface area contributed by atoms with Gasteiger partial charge < -0.3 is 15.4 Å². The molecule has 17 heavy (non-hydrogen) atoms. The Labute approximate surface area is 103 Å². The van der Waals surface area contributed by atoms with Crippen molar-refractivity contribution >= 4 is 5.91 Å². The number of amides is 1. The van der Waals surface area contributed by atoms with E-state index in [4.69, 9.17) is 4.74 Å². The average molecular weight is 240 g/mol. The van der Waals surface area contributed by atoms with E-state index in [0.29, 0.717) is 31.2 Å². The first-order valence-electron chi connectivity index (χ1n) is 6.78. The maximum atomic E-state index is 11.9. The molecule has 2 heterocycles. The summed E-state index contributed by atoms with van der Waals surface area (Å²) in [5.41, 5.74) is 0. The van der Waals surface area contributed by atoms with Crippen molar-refractivity contribution < 1.29 is 9.53 Å². The lowest BCUT2D eigenvalue weighted by Crippen LogP contribution is -2.38. The van der Waals surface area contributed by atoms with Crippen LogP contribution in [0.5, 0.6) is 0 Å². The molecule has 2 aliphatic heterocycles. The van der Waals surface area contributed by atoms with Crippen molar-refractivity contribution in [3.63, 3.8) is 0 Å². The molecule has 2 N–H and O–H groups in total. The third-order valence-electron chi connectivity index (χ3n) is 3.63. The van der Waals surface area contributed by atoms with Crippen molar-refractivity contribution in [3.8, 4) is 0 Å². The summed E-state index contributed by atoms with van der Waals surface area (Å²) in [6.07, 6.45) is 3.42. The predicted molar refractivity (Wildman–Crippen MR) is 66.7 cm³/mol. The van der Waals surface area contributed by atoms with Crippen molar-refractivity contribution in [1.29, 1.82) is 0 Å². The van der Waals surface area contributed by atoms with Gasteiger partial charge in [0.25, 0.3) is 0 Å². The van der Waals surface area contributed by atoms with Crippen molar-refractivity contribution in [2.24, 2.45) is 11.8 Å². The van der Waals surface area contributed by atoms with Crippen molar-refractivity contribution in [1.82, 2.24) is 10.6 Å². The predicted octanol–water partition coefficient (Wildman–Crippen LogP) is 0.916. The molecule has 2 bridgehead atoms. The summed E-state index contributed by atoms with van der Waals surface area (Å²) < 4.78 is 5.44. The third-order valence-corrected chi connectivity index (χ3v) is 3.63. The molecule has 0 aromatic heterocycles. The monoisotopic (exact) mass is 240 g/mol. The zero-order valence-electron chi connectivity index (χ0n) is 10.9. The molecule has 3 unspecified atom stereocenters. The lowest BCUT2D eigenvalue weighted by molar-refractivity contribution is -0.125. The highest BCUT2D eigenvalue weighted by molar-refractivity contribution is 5.80. The Morgan fingerprint density at radius 3 is 2.88 bits per heavy atom. The molecule has 0 aliphatic carbocycles. The van der Waals surface area contributed by atoms with Crippen LogP contribution in [-0.2, 0) is 9.53 Å². The standard InChI is InChI=1S/C13H24N2O2/c1-9(2)8-17-6-5-14-13(16)11-7-10-3-4-12(11)15-10/h9-12,15H,3-8H2,1-2H3,(H,14,16). The van der Waals surface area contributed by atoms with E-state index in [0.717, 1.165) is 19.4 Å². The molecule has 4 nitrogen and oxygen atoms in total. The summed E-state index contributed by atoms with van der Waals surface area (Å²) in [5, 5.41) is 6.46. The first-order valence-corrected chi connectivity index (χ1v) is 6.78. The van der Waals surface area contributed by atoms with E-state index < -0.39 is 0 Å². The van der Waals surface area contributed by atoms with E-state index in [-0.39, 0.29) is 11.8 Å². The van der Waals surface area contributed by atoms with Gasteiger partial charge in [-0.15, -0.1) is 0 Å². The third kappa shape index (κ3) is 3.42. The normalized spacial score (nSPS) is 31.1. The molecule has 0 aromatic carbocycles. The van der Waals surface area contributed by atoms with Gasteiger partial charge in [0, 0.05) is 25.2 Å². The molecule has 0 spiro atoms. The average Bonchev–Trinajstić information content (AvgIpc) is 2.89. The Morgan fingerprint density at radius 1 is 1.47 bits per heavy atom. The molecule has 0 radical (unpaired) electrons. The van der Waals surface area contributed by atoms with Crippen molar-refractivity contribution in [3.05, 3.63) is 0 Å². The summed E-state index contributed by atoms with van der Waals surface area (Å²) >= 11 is 0. The van der Waals surface area contributed by atoms with E-state index in [9.17, 15) is 4.79 Å². The topological polar surface area (TPSA) is 50.4 Å². The minimum absolute atomic E-state index is 0.193. The largest absolute Gasteiger partial charge is 0.379 e. The molecule has 98 valence electrons. The Balaban J connectivity index is 1.58. The summed E-state index contributed by atoms with van der Waals surface area (Å²) in [6.45, 7) is 6.28. The molecule has 1 amide bonds. The van der Waals surface area contributed by atoms with Crippen LogP contribution >= 0.6 is 0 Å². The number of hydrogen-bond donors (Lipinski definition) is 2. The quantitative estimate of drug-likeness (QED) is 0.679. The van der Waals surface area contributed by atoms with Gasteiger partial charge in [0.1, 0.15) is 0 Å².